The smallest absolute Gasteiger partial charge is 0.303 e. The van der Waals surface area contributed by atoms with Gasteiger partial charge in [-0.25, -0.2) is 4.18 Å². The summed E-state index contributed by atoms with van der Waals surface area (Å²) in [5.41, 5.74) is 2.80. The van der Waals surface area contributed by atoms with Gasteiger partial charge in [0.2, 0.25) is 0 Å². The number of carbonyl (C=O) groups is 1. The van der Waals surface area contributed by atoms with Gasteiger partial charge in [0, 0.05) is 6.42 Å². The van der Waals surface area contributed by atoms with Gasteiger partial charge in [-0.05, 0) is 18.8 Å². The largest absolute Gasteiger partial charge is 0.397 e. The molecule has 150 valence electrons. The van der Waals surface area contributed by atoms with E-state index < -0.39 is 10.4 Å². The molecule has 0 spiro atoms. The fourth-order valence-electron chi connectivity index (χ4n) is 2.33. The van der Waals surface area contributed by atoms with Crippen molar-refractivity contribution < 1.29 is 26.8 Å². The van der Waals surface area contributed by atoms with Crippen LogP contribution in [0.5, 0.6) is 0 Å². The highest BCUT2D eigenvalue weighted by atomic mass is 32.3. The summed E-state index contributed by atoms with van der Waals surface area (Å²) < 4.78 is 34.2. The summed E-state index contributed by atoms with van der Waals surface area (Å²) in [6, 6.07) is -0.305. The predicted octanol–water partition coefficient (Wildman–Crippen LogP) is 3.45. The van der Waals surface area contributed by atoms with Crippen LogP contribution >= 0.6 is 0 Å². The fraction of sp³-hybridized carbons (Fsp3) is 0.941. The number of nitrogens with one attached hydrogen (secondary N) is 1. The molecular formula is C17H35NO6S. The molecule has 2 N–H and O–H groups in total. The first kappa shape index (κ1) is 24.5. The molecule has 0 radical (unpaired) electrons. The lowest BCUT2D eigenvalue weighted by Gasteiger charge is -2.20. The molecule has 7 nitrogen and oxygen atoms in total. The second kappa shape index (κ2) is 15.7. The zero-order valence-electron chi connectivity index (χ0n) is 15.6. The molecule has 1 atom stereocenters. The minimum atomic E-state index is -4.42. The first-order chi connectivity index (χ1) is 11.9. The second-order valence-corrected chi connectivity index (χ2v) is 7.76. The molecule has 8 heteroatoms. The van der Waals surface area contributed by atoms with Crippen LogP contribution in [0.3, 0.4) is 0 Å². The summed E-state index contributed by atoms with van der Waals surface area (Å²) in [5, 5.41) is 0. The Labute approximate surface area is 152 Å². The van der Waals surface area contributed by atoms with E-state index >= 15 is 0 Å². The van der Waals surface area contributed by atoms with Crippen molar-refractivity contribution in [3.8, 4) is 0 Å². The number of aldehydes is 1. The number of hydrogen-bond acceptors (Lipinski definition) is 6. The average Bonchev–Trinajstić information content (AvgIpc) is 2.53. The Morgan fingerprint density at radius 1 is 0.960 bits per heavy atom. The van der Waals surface area contributed by atoms with Crippen LogP contribution < -0.4 is 5.48 Å². The molecule has 25 heavy (non-hydrogen) atoms. The van der Waals surface area contributed by atoms with Gasteiger partial charge in [0.25, 0.3) is 0 Å². The molecular weight excluding hydrogens is 346 g/mol. The maximum atomic E-state index is 10.6. The quantitative estimate of drug-likeness (QED) is 0.162. The third-order valence-corrected chi connectivity index (χ3v) is 4.44. The number of hydroxylamine groups is 1. The number of rotatable bonds is 18. The summed E-state index contributed by atoms with van der Waals surface area (Å²) in [6.07, 6.45) is 12.0. The maximum Gasteiger partial charge on any atom is 0.397 e. The van der Waals surface area contributed by atoms with Crippen molar-refractivity contribution in [2.75, 3.05) is 13.2 Å². The summed E-state index contributed by atoms with van der Waals surface area (Å²) >= 11 is 0. The molecule has 0 aliphatic rings. The normalized spacial score (nSPS) is 13.3. The molecule has 0 saturated heterocycles. The van der Waals surface area contributed by atoms with Gasteiger partial charge in [0.1, 0.15) is 6.29 Å². The van der Waals surface area contributed by atoms with E-state index in [1.165, 1.54) is 32.1 Å². The van der Waals surface area contributed by atoms with Crippen LogP contribution in [0.25, 0.3) is 0 Å². The number of unbranched alkanes of at least 4 members (excludes halogenated alkanes) is 9. The Bertz CT molecular complexity index is 413. The van der Waals surface area contributed by atoms with Crippen molar-refractivity contribution in [2.45, 2.75) is 84.1 Å². The van der Waals surface area contributed by atoms with Crippen molar-refractivity contribution in [1.29, 1.82) is 0 Å². The SMILES string of the molecule is CC(C)[C@@H](COS(=O)(=O)O)NOCCCCCCCCCCCC=O. The maximum absolute atomic E-state index is 10.6. The third-order valence-electron chi connectivity index (χ3n) is 4.00. The summed E-state index contributed by atoms with van der Waals surface area (Å²) in [5.74, 6) is 0.105. The average molecular weight is 382 g/mol. The van der Waals surface area contributed by atoms with Gasteiger partial charge in [-0.15, -0.1) is 0 Å². The summed E-state index contributed by atoms with van der Waals surface area (Å²) in [4.78, 5) is 15.5. The zero-order valence-corrected chi connectivity index (χ0v) is 16.4. The van der Waals surface area contributed by atoms with E-state index in [0.29, 0.717) is 13.0 Å². The topological polar surface area (TPSA) is 102 Å². The Morgan fingerprint density at radius 3 is 1.96 bits per heavy atom. The van der Waals surface area contributed by atoms with Crippen LogP contribution in [0, 0.1) is 5.92 Å². The fourth-order valence-corrected chi connectivity index (χ4v) is 2.65. The van der Waals surface area contributed by atoms with E-state index in [0.717, 1.165) is 32.0 Å². The Morgan fingerprint density at radius 2 is 1.48 bits per heavy atom. The highest BCUT2D eigenvalue weighted by molar-refractivity contribution is 7.80. The summed E-state index contributed by atoms with van der Waals surface area (Å²) in [6.45, 7) is 4.21. The molecule has 0 aliphatic heterocycles. The molecule has 0 fully saturated rings. The lowest BCUT2D eigenvalue weighted by Crippen LogP contribution is -2.38. The van der Waals surface area contributed by atoms with E-state index in [4.69, 9.17) is 9.39 Å². The van der Waals surface area contributed by atoms with Crippen molar-refractivity contribution in [2.24, 2.45) is 5.92 Å². The predicted molar refractivity (Wildman–Crippen MR) is 97.4 cm³/mol. The Kier molecular flexibility index (Phi) is 15.4. The highest BCUT2D eigenvalue weighted by Crippen LogP contribution is 2.10. The van der Waals surface area contributed by atoms with Crippen molar-refractivity contribution in [3.63, 3.8) is 0 Å². The third kappa shape index (κ3) is 18.1. The molecule has 0 bridgehead atoms. The first-order valence-corrected chi connectivity index (χ1v) is 10.7. The number of carbonyl (C=O) groups excluding carboxylic acids is 1. The van der Waals surface area contributed by atoms with Gasteiger partial charge >= 0.3 is 10.4 Å². The summed E-state index contributed by atoms with van der Waals surface area (Å²) in [7, 11) is -4.42. The lowest BCUT2D eigenvalue weighted by atomic mass is 10.1. The Hall–Kier alpha value is -0.540. The van der Waals surface area contributed by atoms with Crippen LogP contribution in [0.15, 0.2) is 0 Å². The van der Waals surface area contributed by atoms with Crippen LogP contribution in [-0.2, 0) is 24.2 Å². The van der Waals surface area contributed by atoms with E-state index in [1.807, 2.05) is 13.8 Å². The molecule has 0 unspecified atom stereocenters. The minimum Gasteiger partial charge on any atom is -0.303 e. The number of hydrogen-bond donors (Lipinski definition) is 2. The van der Waals surface area contributed by atoms with Crippen LogP contribution in [0.2, 0.25) is 0 Å². The van der Waals surface area contributed by atoms with Gasteiger partial charge in [0.05, 0.1) is 19.3 Å². The molecule has 0 heterocycles. The second-order valence-electron chi connectivity index (χ2n) is 6.67. The van der Waals surface area contributed by atoms with Crippen molar-refractivity contribution in [3.05, 3.63) is 0 Å². The minimum absolute atomic E-state index is 0.105. The molecule has 0 aromatic rings. The standard InChI is InChI=1S/C17H35NO6S/c1-16(2)17(15-24-25(20,21)22)18-23-14-12-10-8-6-4-3-5-7-9-11-13-19/h13,16-18H,3-12,14-15H2,1-2H3,(H,20,21,22)/t17-/m1/s1. The Balaban J connectivity index is 3.47. The molecule has 0 rings (SSSR count). The van der Waals surface area contributed by atoms with Gasteiger partial charge in [-0.3, -0.25) is 4.55 Å². The van der Waals surface area contributed by atoms with Crippen molar-refractivity contribution >= 4 is 16.7 Å². The van der Waals surface area contributed by atoms with Crippen LogP contribution in [-0.4, -0.2) is 38.5 Å². The van der Waals surface area contributed by atoms with E-state index in [-0.39, 0.29) is 18.6 Å². The van der Waals surface area contributed by atoms with Gasteiger partial charge < -0.3 is 9.63 Å². The van der Waals surface area contributed by atoms with Gasteiger partial charge in [-0.2, -0.15) is 13.9 Å². The molecule has 0 saturated carbocycles. The van der Waals surface area contributed by atoms with Gasteiger partial charge in [-0.1, -0.05) is 58.8 Å². The zero-order chi connectivity index (χ0) is 19.0. The van der Waals surface area contributed by atoms with E-state index in [2.05, 4.69) is 9.66 Å². The van der Waals surface area contributed by atoms with Crippen molar-refractivity contribution in [1.82, 2.24) is 5.48 Å². The van der Waals surface area contributed by atoms with Crippen LogP contribution in [0.4, 0.5) is 0 Å². The molecule has 0 aromatic heterocycles. The molecule has 0 aliphatic carbocycles. The van der Waals surface area contributed by atoms with Gasteiger partial charge in [0.15, 0.2) is 0 Å². The highest BCUT2D eigenvalue weighted by Gasteiger charge is 2.17. The van der Waals surface area contributed by atoms with E-state index in [9.17, 15) is 13.2 Å². The lowest BCUT2D eigenvalue weighted by molar-refractivity contribution is -0.107. The molecule has 0 aromatic carbocycles. The van der Waals surface area contributed by atoms with E-state index in [1.54, 1.807) is 0 Å². The first-order valence-electron chi connectivity index (χ1n) is 9.29. The van der Waals surface area contributed by atoms with Crippen LogP contribution in [0.1, 0.15) is 78.1 Å². The molecule has 0 amide bonds. The monoisotopic (exact) mass is 381 g/mol.